The van der Waals surface area contributed by atoms with E-state index in [-0.39, 0.29) is 12.5 Å². The van der Waals surface area contributed by atoms with Gasteiger partial charge in [0.1, 0.15) is 11.6 Å². The average molecular weight is 243 g/mol. The second-order valence-corrected chi connectivity index (χ2v) is 4.35. The summed E-state index contributed by atoms with van der Waals surface area (Å²) in [6.45, 7) is 4.58. The van der Waals surface area contributed by atoms with Gasteiger partial charge >= 0.3 is 0 Å². The van der Waals surface area contributed by atoms with Crippen molar-refractivity contribution in [3.05, 3.63) is 5.01 Å². The first-order chi connectivity index (χ1) is 7.76. The summed E-state index contributed by atoms with van der Waals surface area (Å²) in [5, 5.41) is 12.1. The van der Waals surface area contributed by atoms with Gasteiger partial charge in [-0.15, -0.1) is 10.2 Å². The van der Waals surface area contributed by atoms with E-state index in [1.54, 1.807) is 0 Å². The number of rotatable bonds is 7. The first-order valence-electron chi connectivity index (χ1n) is 5.46. The number of aryl methyl sites for hydroxylation is 1. The Kier molecular flexibility index (Phi) is 5.95. The van der Waals surface area contributed by atoms with Crippen molar-refractivity contribution in [2.24, 2.45) is 0 Å². The lowest BCUT2D eigenvalue weighted by Gasteiger charge is -1.99. The van der Waals surface area contributed by atoms with Crippen LogP contribution in [0.15, 0.2) is 0 Å². The summed E-state index contributed by atoms with van der Waals surface area (Å²) < 4.78 is 4.98. The highest BCUT2D eigenvalue weighted by molar-refractivity contribution is 7.15. The fraction of sp³-hybridized carbons (Fsp3) is 0.700. The zero-order chi connectivity index (χ0) is 11.8. The van der Waals surface area contributed by atoms with Crippen LogP contribution in [0.5, 0.6) is 0 Å². The second-order valence-electron chi connectivity index (χ2n) is 3.29. The van der Waals surface area contributed by atoms with Crippen molar-refractivity contribution in [3.63, 3.8) is 0 Å². The Morgan fingerprint density at radius 3 is 2.94 bits per heavy atom. The van der Waals surface area contributed by atoms with Gasteiger partial charge in [-0.2, -0.15) is 0 Å². The fourth-order valence-electron chi connectivity index (χ4n) is 1.08. The lowest BCUT2D eigenvalue weighted by molar-refractivity contribution is -0.120. The highest BCUT2D eigenvalue weighted by Gasteiger charge is 2.07. The number of unbranched alkanes of at least 4 members (excludes halogenated alkanes) is 1. The number of hydrogen-bond donors (Lipinski definition) is 1. The van der Waals surface area contributed by atoms with Gasteiger partial charge in [0.2, 0.25) is 5.13 Å². The largest absolute Gasteiger partial charge is 0.372 e. The van der Waals surface area contributed by atoms with Crippen molar-refractivity contribution in [3.8, 4) is 0 Å². The molecule has 1 aromatic rings. The van der Waals surface area contributed by atoms with Crippen LogP contribution in [0.1, 0.15) is 31.7 Å². The van der Waals surface area contributed by atoms with Gasteiger partial charge < -0.3 is 4.74 Å². The number of carbonyl (C=O) groups excluding carboxylic acids is 1. The molecule has 90 valence electrons. The molecular weight excluding hydrogens is 226 g/mol. The van der Waals surface area contributed by atoms with Crippen LogP contribution >= 0.6 is 11.3 Å². The van der Waals surface area contributed by atoms with Crippen LogP contribution in [-0.2, 0) is 16.0 Å². The minimum Gasteiger partial charge on any atom is -0.372 e. The van der Waals surface area contributed by atoms with E-state index >= 15 is 0 Å². The van der Waals surface area contributed by atoms with E-state index in [0.29, 0.717) is 11.7 Å². The summed E-state index contributed by atoms with van der Waals surface area (Å²) in [4.78, 5) is 11.3. The minimum absolute atomic E-state index is 0.0698. The Hall–Kier alpha value is -1.01. The van der Waals surface area contributed by atoms with Gasteiger partial charge in [0.15, 0.2) is 0 Å². The van der Waals surface area contributed by atoms with Gasteiger partial charge in [-0.05, 0) is 13.3 Å². The molecule has 0 saturated carbocycles. The Balaban J connectivity index is 2.36. The van der Waals surface area contributed by atoms with E-state index in [4.69, 9.17) is 4.74 Å². The lowest BCUT2D eigenvalue weighted by atomic mass is 10.3. The van der Waals surface area contributed by atoms with Gasteiger partial charge in [0, 0.05) is 13.0 Å². The van der Waals surface area contributed by atoms with Crippen LogP contribution < -0.4 is 5.32 Å². The number of hydrogen-bond acceptors (Lipinski definition) is 5. The van der Waals surface area contributed by atoms with Crippen molar-refractivity contribution >= 4 is 22.4 Å². The molecule has 0 aromatic carbocycles. The van der Waals surface area contributed by atoms with Crippen molar-refractivity contribution in [2.75, 3.05) is 18.5 Å². The first-order valence-corrected chi connectivity index (χ1v) is 6.27. The summed E-state index contributed by atoms with van der Waals surface area (Å²) in [6, 6.07) is 0. The monoisotopic (exact) mass is 243 g/mol. The maximum Gasteiger partial charge on any atom is 0.252 e. The standard InChI is InChI=1S/C10H17N3O2S/c1-3-5-6-9-12-13-10(16-9)11-8(14)7-15-4-2/h3-7H2,1-2H3,(H,11,13,14). The average Bonchev–Trinajstić information content (AvgIpc) is 2.71. The zero-order valence-corrected chi connectivity index (χ0v) is 10.5. The van der Waals surface area contributed by atoms with Crippen LogP contribution in [0.25, 0.3) is 0 Å². The molecule has 0 aliphatic rings. The number of aromatic nitrogens is 2. The van der Waals surface area contributed by atoms with E-state index in [1.807, 2.05) is 6.92 Å². The second kappa shape index (κ2) is 7.29. The summed E-state index contributed by atoms with van der Waals surface area (Å²) in [6.07, 6.45) is 3.16. The molecule has 1 heterocycles. The Morgan fingerprint density at radius 1 is 1.44 bits per heavy atom. The van der Waals surface area contributed by atoms with Crippen molar-refractivity contribution < 1.29 is 9.53 Å². The Morgan fingerprint density at radius 2 is 2.25 bits per heavy atom. The lowest BCUT2D eigenvalue weighted by Crippen LogP contribution is -2.17. The highest BCUT2D eigenvalue weighted by Crippen LogP contribution is 2.16. The van der Waals surface area contributed by atoms with Crippen LogP contribution in [-0.4, -0.2) is 29.3 Å². The highest BCUT2D eigenvalue weighted by atomic mass is 32.1. The van der Waals surface area contributed by atoms with Crippen LogP contribution in [0.2, 0.25) is 0 Å². The number of nitrogens with zero attached hydrogens (tertiary/aromatic N) is 2. The minimum atomic E-state index is -0.181. The fourth-order valence-corrected chi connectivity index (χ4v) is 1.88. The number of ether oxygens (including phenoxy) is 1. The van der Waals surface area contributed by atoms with E-state index < -0.39 is 0 Å². The molecule has 1 amide bonds. The maximum absolute atomic E-state index is 11.3. The van der Waals surface area contributed by atoms with E-state index in [9.17, 15) is 4.79 Å². The van der Waals surface area contributed by atoms with Crippen molar-refractivity contribution in [2.45, 2.75) is 33.1 Å². The summed E-state index contributed by atoms with van der Waals surface area (Å²) in [5.41, 5.74) is 0. The normalized spacial score (nSPS) is 10.4. The van der Waals surface area contributed by atoms with Gasteiger partial charge in [0.25, 0.3) is 5.91 Å². The number of nitrogens with one attached hydrogen (secondary N) is 1. The third-order valence-corrected chi connectivity index (χ3v) is 2.79. The van der Waals surface area contributed by atoms with E-state index in [1.165, 1.54) is 11.3 Å². The smallest absolute Gasteiger partial charge is 0.252 e. The quantitative estimate of drug-likeness (QED) is 0.794. The Bertz CT molecular complexity index is 328. The van der Waals surface area contributed by atoms with Crippen molar-refractivity contribution in [1.29, 1.82) is 0 Å². The molecule has 0 bridgehead atoms. The molecule has 1 aromatic heterocycles. The van der Waals surface area contributed by atoms with Crippen LogP contribution in [0.4, 0.5) is 5.13 Å². The summed E-state index contributed by atoms with van der Waals surface area (Å²) in [5.74, 6) is -0.181. The molecular formula is C10H17N3O2S. The van der Waals surface area contributed by atoms with E-state index in [0.717, 1.165) is 24.3 Å². The van der Waals surface area contributed by atoms with Gasteiger partial charge in [-0.3, -0.25) is 10.1 Å². The molecule has 0 aliphatic heterocycles. The molecule has 0 spiro atoms. The molecule has 6 heteroatoms. The topological polar surface area (TPSA) is 64.1 Å². The predicted octanol–water partition coefficient (Wildman–Crippen LogP) is 1.86. The third-order valence-electron chi connectivity index (χ3n) is 1.89. The van der Waals surface area contributed by atoms with Crippen molar-refractivity contribution in [1.82, 2.24) is 10.2 Å². The summed E-state index contributed by atoms with van der Waals surface area (Å²) in [7, 11) is 0. The van der Waals surface area contributed by atoms with Crippen LogP contribution in [0, 0.1) is 0 Å². The third kappa shape index (κ3) is 4.67. The Labute approximate surface area is 99.2 Å². The molecule has 16 heavy (non-hydrogen) atoms. The van der Waals surface area contributed by atoms with Gasteiger partial charge in [0.05, 0.1) is 0 Å². The molecule has 0 atom stereocenters. The molecule has 0 aliphatic carbocycles. The van der Waals surface area contributed by atoms with Gasteiger partial charge in [-0.1, -0.05) is 24.7 Å². The molecule has 0 radical (unpaired) electrons. The molecule has 1 N–H and O–H groups in total. The van der Waals surface area contributed by atoms with Gasteiger partial charge in [-0.25, -0.2) is 0 Å². The molecule has 0 unspecified atom stereocenters. The number of anilines is 1. The SMILES string of the molecule is CCCCc1nnc(NC(=O)COCC)s1. The molecule has 0 saturated heterocycles. The first kappa shape index (κ1) is 13.1. The van der Waals surface area contributed by atoms with E-state index in [2.05, 4.69) is 22.4 Å². The predicted molar refractivity (Wildman–Crippen MR) is 63.6 cm³/mol. The summed E-state index contributed by atoms with van der Waals surface area (Å²) >= 11 is 1.42. The molecule has 1 rings (SSSR count). The molecule has 5 nitrogen and oxygen atoms in total. The zero-order valence-electron chi connectivity index (χ0n) is 9.65. The molecule has 0 fully saturated rings. The maximum atomic E-state index is 11.3. The number of amides is 1. The number of carbonyl (C=O) groups is 1. The van der Waals surface area contributed by atoms with Crippen LogP contribution in [0.3, 0.4) is 0 Å².